The van der Waals surface area contributed by atoms with Gasteiger partial charge in [0, 0.05) is 0 Å². The van der Waals surface area contributed by atoms with Crippen molar-refractivity contribution >= 4 is 73.8 Å². The zero-order valence-electron chi connectivity index (χ0n) is 5.35. The molecule has 0 rings (SSSR count). The van der Waals surface area contributed by atoms with Gasteiger partial charge in [-0.2, -0.15) is 0 Å². The summed E-state index contributed by atoms with van der Waals surface area (Å²) in [7, 11) is -4.25. The van der Waals surface area contributed by atoms with E-state index >= 15 is 0 Å². The SMILES string of the molecule is O.O.O.O.OB(O)OB(O)O.[NaH].[NaH]. The van der Waals surface area contributed by atoms with Gasteiger partial charge in [-0.1, -0.05) is 0 Å². The number of hydrogen-bond donors (Lipinski definition) is 4. The van der Waals surface area contributed by atoms with Crippen LogP contribution < -0.4 is 0 Å². The zero-order chi connectivity index (χ0) is 5.86. The van der Waals surface area contributed by atoms with Crippen molar-refractivity contribution in [1.29, 1.82) is 0 Å². The number of hydrogen-bond acceptors (Lipinski definition) is 5. The molecule has 0 saturated heterocycles. The van der Waals surface area contributed by atoms with Crippen molar-refractivity contribution in [1.82, 2.24) is 0 Å². The maximum absolute atomic E-state index is 7.74. The molecule has 0 atom stereocenters. The predicted octanol–water partition coefficient (Wildman–Crippen LogP) is -7.65. The van der Waals surface area contributed by atoms with Crippen molar-refractivity contribution in [2.45, 2.75) is 0 Å². The predicted molar refractivity (Wildman–Crippen MR) is 50.2 cm³/mol. The van der Waals surface area contributed by atoms with Crippen LogP contribution in [0.3, 0.4) is 0 Å². The van der Waals surface area contributed by atoms with Crippen LogP contribution in [-0.4, -0.2) is 116 Å². The average molecular weight is 226 g/mol. The molecule has 0 aromatic heterocycles. The fourth-order valence-corrected chi connectivity index (χ4v) is 0.109. The first-order valence-electron chi connectivity index (χ1n) is 1.50. The van der Waals surface area contributed by atoms with Gasteiger partial charge in [-0.15, -0.1) is 0 Å². The summed E-state index contributed by atoms with van der Waals surface area (Å²) >= 11 is 0. The molecule has 0 saturated carbocycles. The molecule has 13 heavy (non-hydrogen) atoms. The summed E-state index contributed by atoms with van der Waals surface area (Å²) in [6.45, 7) is 0. The Bertz CT molecular complexity index is 44.9. The second-order valence-electron chi connectivity index (χ2n) is 0.789. The van der Waals surface area contributed by atoms with Crippen LogP contribution in [0.15, 0.2) is 0 Å². The molecule has 0 aliphatic heterocycles. The Balaban J connectivity index is -0.0000000120. The molecule has 12 N–H and O–H groups in total. The first-order valence-corrected chi connectivity index (χ1v) is 1.50. The Morgan fingerprint density at radius 3 is 0.769 bits per heavy atom. The Morgan fingerprint density at radius 2 is 0.769 bits per heavy atom. The van der Waals surface area contributed by atoms with Gasteiger partial charge in [0.15, 0.2) is 0 Å². The fourth-order valence-electron chi connectivity index (χ4n) is 0.109. The zero-order valence-corrected chi connectivity index (χ0v) is 5.35. The molecule has 0 aliphatic carbocycles. The van der Waals surface area contributed by atoms with E-state index in [1.165, 1.54) is 0 Å². The van der Waals surface area contributed by atoms with Gasteiger partial charge in [0.1, 0.15) is 0 Å². The molecule has 9 nitrogen and oxygen atoms in total. The molecule has 13 heteroatoms. The van der Waals surface area contributed by atoms with E-state index in [1.807, 2.05) is 0 Å². The van der Waals surface area contributed by atoms with E-state index in [0.29, 0.717) is 0 Å². The summed E-state index contributed by atoms with van der Waals surface area (Å²) in [5.74, 6) is 0. The Hall–Kier alpha value is 1.77. The van der Waals surface area contributed by atoms with Gasteiger partial charge in [-0.3, -0.25) is 0 Å². The normalized spacial score (nSPS) is 4.62. The molecule has 0 heterocycles. The van der Waals surface area contributed by atoms with Crippen molar-refractivity contribution < 1.29 is 46.6 Å². The van der Waals surface area contributed by atoms with Crippen molar-refractivity contribution in [2.75, 3.05) is 0 Å². The van der Waals surface area contributed by atoms with Crippen LogP contribution in [0, 0.1) is 0 Å². The molecule has 0 spiro atoms. The summed E-state index contributed by atoms with van der Waals surface area (Å²) in [5, 5.41) is 30.9. The van der Waals surface area contributed by atoms with Crippen LogP contribution in [-0.2, 0) is 4.57 Å². The first kappa shape index (κ1) is 46.4. The van der Waals surface area contributed by atoms with Crippen molar-refractivity contribution in [3.05, 3.63) is 0 Å². The van der Waals surface area contributed by atoms with Crippen LogP contribution in [0.4, 0.5) is 0 Å². The summed E-state index contributed by atoms with van der Waals surface area (Å²) in [4.78, 5) is 0. The van der Waals surface area contributed by atoms with Crippen molar-refractivity contribution in [3.63, 3.8) is 0 Å². The standard InChI is InChI=1S/B2H4O5.2Na.4H2O.2H/c3-1(4)7-2(5)6;;;;;;;;/h3-6H;;;4*1H2;;. The molecule has 0 aliphatic rings. The topological polar surface area (TPSA) is 216 Å². The van der Waals surface area contributed by atoms with Crippen LogP contribution in [0.2, 0.25) is 0 Å². The molecule has 0 aromatic carbocycles. The Labute approximate surface area is 119 Å². The molecule has 0 bridgehead atoms. The molecule has 0 radical (unpaired) electrons. The minimum absolute atomic E-state index is 0. The van der Waals surface area contributed by atoms with Crippen LogP contribution in [0.1, 0.15) is 0 Å². The van der Waals surface area contributed by atoms with E-state index < -0.39 is 14.6 Å². The van der Waals surface area contributed by atoms with E-state index in [4.69, 9.17) is 20.1 Å². The maximum atomic E-state index is 7.74. The Morgan fingerprint density at radius 1 is 0.615 bits per heavy atom. The van der Waals surface area contributed by atoms with Crippen molar-refractivity contribution in [2.24, 2.45) is 0 Å². The summed E-state index contributed by atoms with van der Waals surface area (Å²) in [6.07, 6.45) is 0. The minimum atomic E-state index is -2.13. The second kappa shape index (κ2) is 29.2. The molecule has 0 unspecified atom stereocenters. The first-order chi connectivity index (χ1) is 3.13. The van der Waals surface area contributed by atoms with Gasteiger partial charge in [0.2, 0.25) is 0 Å². The molecule has 76 valence electrons. The quantitative estimate of drug-likeness (QED) is 0.336. The van der Waals surface area contributed by atoms with E-state index in [-0.39, 0.29) is 81.0 Å². The number of rotatable bonds is 2. The summed E-state index contributed by atoms with van der Waals surface area (Å²) in [6, 6.07) is 0. The Kier molecular flexibility index (Phi) is 104. The third-order valence-electron chi connectivity index (χ3n) is 0.243. The second-order valence-corrected chi connectivity index (χ2v) is 0.789. The molecular formula is H14B2Na2O9. The van der Waals surface area contributed by atoms with E-state index in [1.54, 1.807) is 0 Å². The van der Waals surface area contributed by atoms with Crippen LogP contribution in [0.5, 0.6) is 0 Å². The van der Waals surface area contributed by atoms with Gasteiger partial charge >= 0.3 is 73.8 Å². The van der Waals surface area contributed by atoms with Gasteiger partial charge in [0.25, 0.3) is 0 Å². The molecule has 0 aromatic rings. The van der Waals surface area contributed by atoms with E-state index in [2.05, 4.69) is 4.57 Å². The van der Waals surface area contributed by atoms with Gasteiger partial charge in [-0.25, -0.2) is 0 Å². The van der Waals surface area contributed by atoms with Gasteiger partial charge in [0.05, 0.1) is 0 Å². The summed E-state index contributed by atoms with van der Waals surface area (Å²) in [5.41, 5.74) is 0. The van der Waals surface area contributed by atoms with Crippen molar-refractivity contribution in [3.8, 4) is 0 Å². The fraction of sp³-hybridized carbons (Fsp3) is 0. The van der Waals surface area contributed by atoms with Crippen LogP contribution >= 0.6 is 0 Å². The molecule has 0 fully saturated rings. The third kappa shape index (κ3) is 57.3. The van der Waals surface area contributed by atoms with E-state index in [0.717, 1.165) is 0 Å². The monoisotopic (exact) mass is 226 g/mol. The molecular weight excluding hydrogens is 212 g/mol. The summed E-state index contributed by atoms with van der Waals surface area (Å²) < 4.78 is 3.47. The average Bonchev–Trinajstić information content (AvgIpc) is 1.27. The van der Waals surface area contributed by atoms with Crippen LogP contribution in [0.25, 0.3) is 0 Å². The molecule has 0 amide bonds. The third-order valence-corrected chi connectivity index (χ3v) is 0.243. The van der Waals surface area contributed by atoms with Gasteiger partial charge in [-0.05, 0) is 0 Å². The van der Waals surface area contributed by atoms with E-state index in [9.17, 15) is 0 Å². The van der Waals surface area contributed by atoms with Gasteiger partial charge < -0.3 is 46.6 Å².